The van der Waals surface area contributed by atoms with Gasteiger partial charge in [-0.2, -0.15) is 5.10 Å². The van der Waals surface area contributed by atoms with Gasteiger partial charge in [0.2, 0.25) is 0 Å². The molecule has 0 fully saturated rings. The number of aromatic amines is 1. The second kappa shape index (κ2) is 4.79. The molecule has 1 aromatic rings. The van der Waals surface area contributed by atoms with Crippen molar-refractivity contribution in [1.29, 1.82) is 0 Å². The first-order valence-corrected chi connectivity index (χ1v) is 4.93. The Labute approximate surface area is 84.3 Å². The van der Waals surface area contributed by atoms with Gasteiger partial charge in [-0.1, -0.05) is 13.8 Å². The topological polar surface area (TPSA) is 49.0 Å². The van der Waals surface area contributed by atoms with Gasteiger partial charge < -0.3 is 4.90 Å². The number of hydrogen-bond acceptors (Lipinski definition) is 2. The summed E-state index contributed by atoms with van der Waals surface area (Å²) in [5.74, 6) is 0.542. The first-order chi connectivity index (χ1) is 6.65. The molecule has 0 saturated carbocycles. The van der Waals surface area contributed by atoms with Gasteiger partial charge in [-0.05, 0) is 12.8 Å². The maximum Gasteiger partial charge on any atom is 0.257 e. The molecule has 0 aliphatic heterocycles. The van der Waals surface area contributed by atoms with Crippen LogP contribution in [0, 0.1) is 5.92 Å². The maximum absolute atomic E-state index is 11.8. The molecule has 0 atom stereocenters. The first kappa shape index (κ1) is 10.8. The Kier molecular flexibility index (Phi) is 3.68. The Morgan fingerprint density at radius 2 is 2.36 bits per heavy atom. The van der Waals surface area contributed by atoms with Crippen molar-refractivity contribution in [3.63, 3.8) is 0 Å². The molecule has 0 aliphatic rings. The Hall–Kier alpha value is -1.32. The smallest absolute Gasteiger partial charge is 0.257 e. The number of nitrogens with one attached hydrogen (secondary N) is 1. The fourth-order valence-corrected chi connectivity index (χ4v) is 1.35. The van der Waals surface area contributed by atoms with Crippen molar-refractivity contribution in [2.24, 2.45) is 5.92 Å². The molecule has 0 radical (unpaired) electrons. The third-order valence-corrected chi connectivity index (χ3v) is 2.00. The number of nitrogens with zero attached hydrogens (tertiary/aromatic N) is 2. The van der Waals surface area contributed by atoms with Gasteiger partial charge in [-0.15, -0.1) is 0 Å². The van der Waals surface area contributed by atoms with E-state index in [2.05, 4.69) is 24.0 Å². The summed E-state index contributed by atoms with van der Waals surface area (Å²) in [7, 11) is 0. The molecule has 0 aromatic carbocycles. The van der Waals surface area contributed by atoms with E-state index in [0.29, 0.717) is 11.5 Å². The van der Waals surface area contributed by atoms with Gasteiger partial charge in [0.05, 0.1) is 11.8 Å². The molecule has 0 aliphatic carbocycles. The average Bonchev–Trinajstić information content (AvgIpc) is 2.65. The van der Waals surface area contributed by atoms with Gasteiger partial charge in [0.1, 0.15) is 0 Å². The van der Waals surface area contributed by atoms with E-state index in [0.717, 1.165) is 13.1 Å². The minimum absolute atomic E-state index is 0.0509. The molecule has 0 bridgehead atoms. The molecule has 1 heterocycles. The van der Waals surface area contributed by atoms with E-state index < -0.39 is 0 Å². The van der Waals surface area contributed by atoms with Crippen LogP contribution in [-0.2, 0) is 0 Å². The van der Waals surface area contributed by atoms with E-state index in [9.17, 15) is 4.79 Å². The van der Waals surface area contributed by atoms with Crippen LogP contribution in [0.1, 0.15) is 31.1 Å². The largest absolute Gasteiger partial charge is 0.339 e. The summed E-state index contributed by atoms with van der Waals surface area (Å²) in [6, 6.07) is 0. The van der Waals surface area contributed by atoms with Gasteiger partial charge in [0, 0.05) is 19.3 Å². The fourth-order valence-electron chi connectivity index (χ4n) is 1.35. The van der Waals surface area contributed by atoms with Gasteiger partial charge in [-0.3, -0.25) is 9.89 Å². The summed E-state index contributed by atoms with van der Waals surface area (Å²) < 4.78 is 0. The van der Waals surface area contributed by atoms with Crippen molar-refractivity contribution >= 4 is 5.91 Å². The van der Waals surface area contributed by atoms with Crippen LogP contribution in [0.25, 0.3) is 0 Å². The lowest BCUT2D eigenvalue weighted by Crippen LogP contribution is -2.33. The van der Waals surface area contributed by atoms with Crippen LogP contribution in [-0.4, -0.2) is 34.1 Å². The predicted octanol–water partition coefficient (Wildman–Crippen LogP) is 1.53. The molecule has 1 aromatic heterocycles. The predicted molar refractivity (Wildman–Crippen MR) is 55.0 cm³/mol. The van der Waals surface area contributed by atoms with Crippen molar-refractivity contribution in [3.05, 3.63) is 18.0 Å². The van der Waals surface area contributed by atoms with Gasteiger partial charge in [0.15, 0.2) is 0 Å². The summed E-state index contributed by atoms with van der Waals surface area (Å²) in [5, 5.41) is 6.41. The van der Waals surface area contributed by atoms with Crippen molar-refractivity contribution < 1.29 is 4.79 Å². The Balaban J connectivity index is 2.66. The van der Waals surface area contributed by atoms with Crippen molar-refractivity contribution in [2.75, 3.05) is 13.1 Å². The van der Waals surface area contributed by atoms with E-state index in [1.807, 2.05) is 11.8 Å². The highest BCUT2D eigenvalue weighted by Crippen LogP contribution is 2.05. The number of amides is 1. The second-order valence-electron chi connectivity index (χ2n) is 3.72. The number of hydrogen-bond donors (Lipinski definition) is 1. The third kappa shape index (κ3) is 2.58. The second-order valence-corrected chi connectivity index (χ2v) is 3.72. The Bertz CT molecular complexity index is 280. The number of H-pyrrole nitrogens is 1. The molecule has 78 valence electrons. The lowest BCUT2D eigenvalue weighted by atomic mass is 10.2. The molecular weight excluding hydrogens is 178 g/mol. The van der Waals surface area contributed by atoms with Gasteiger partial charge in [0.25, 0.3) is 5.91 Å². The SMILES string of the molecule is CCN(CC(C)C)C(=O)c1cn[nH]c1. The Morgan fingerprint density at radius 1 is 1.64 bits per heavy atom. The van der Waals surface area contributed by atoms with Crippen LogP contribution in [0.4, 0.5) is 0 Å². The van der Waals surface area contributed by atoms with E-state index in [-0.39, 0.29) is 5.91 Å². The zero-order valence-electron chi connectivity index (χ0n) is 8.95. The summed E-state index contributed by atoms with van der Waals surface area (Å²) in [4.78, 5) is 13.7. The molecular formula is C10H17N3O. The molecule has 0 saturated heterocycles. The molecule has 0 spiro atoms. The molecule has 4 nitrogen and oxygen atoms in total. The van der Waals surface area contributed by atoms with E-state index in [1.165, 1.54) is 0 Å². The van der Waals surface area contributed by atoms with Crippen LogP contribution < -0.4 is 0 Å². The van der Waals surface area contributed by atoms with Crippen LogP contribution in [0.5, 0.6) is 0 Å². The summed E-state index contributed by atoms with van der Waals surface area (Å²) in [5.41, 5.74) is 0.632. The van der Waals surface area contributed by atoms with E-state index in [4.69, 9.17) is 0 Å². The molecule has 4 heteroatoms. The van der Waals surface area contributed by atoms with Crippen molar-refractivity contribution in [1.82, 2.24) is 15.1 Å². The highest BCUT2D eigenvalue weighted by atomic mass is 16.2. The number of rotatable bonds is 4. The number of aromatic nitrogens is 2. The monoisotopic (exact) mass is 195 g/mol. The van der Waals surface area contributed by atoms with Crippen LogP contribution >= 0.6 is 0 Å². The van der Waals surface area contributed by atoms with E-state index in [1.54, 1.807) is 12.4 Å². The average molecular weight is 195 g/mol. The fraction of sp³-hybridized carbons (Fsp3) is 0.600. The lowest BCUT2D eigenvalue weighted by Gasteiger charge is -2.22. The van der Waals surface area contributed by atoms with Crippen LogP contribution in [0.3, 0.4) is 0 Å². The maximum atomic E-state index is 11.8. The summed E-state index contributed by atoms with van der Waals surface area (Å²) in [6.45, 7) is 7.72. The van der Waals surface area contributed by atoms with Crippen LogP contribution in [0.2, 0.25) is 0 Å². The molecule has 1 N–H and O–H groups in total. The minimum Gasteiger partial charge on any atom is -0.339 e. The quantitative estimate of drug-likeness (QED) is 0.792. The first-order valence-electron chi connectivity index (χ1n) is 4.93. The zero-order chi connectivity index (χ0) is 10.6. The lowest BCUT2D eigenvalue weighted by molar-refractivity contribution is 0.0746. The van der Waals surface area contributed by atoms with E-state index >= 15 is 0 Å². The highest BCUT2D eigenvalue weighted by molar-refractivity contribution is 5.93. The molecule has 1 amide bonds. The summed E-state index contributed by atoms with van der Waals surface area (Å²) in [6.07, 6.45) is 3.19. The molecule has 14 heavy (non-hydrogen) atoms. The standard InChI is InChI=1S/C10H17N3O/c1-4-13(7-8(2)3)10(14)9-5-11-12-6-9/h5-6,8H,4,7H2,1-3H3,(H,11,12). The number of carbonyl (C=O) groups excluding carboxylic acids is 1. The van der Waals surface area contributed by atoms with Crippen molar-refractivity contribution in [3.8, 4) is 0 Å². The minimum atomic E-state index is 0.0509. The van der Waals surface area contributed by atoms with Crippen molar-refractivity contribution in [2.45, 2.75) is 20.8 Å². The molecule has 0 unspecified atom stereocenters. The Morgan fingerprint density at radius 3 is 2.79 bits per heavy atom. The van der Waals surface area contributed by atoms with Gasteiger partial charge >= 0.3 is 0 Å². The normalized spacial score (nSPS) is 10.6. The highest BCUT2D eigenvalue weighted by Gasteiger charge is 2.15. The zero-order valence-corrected chi connectivity index (χ0v) is 8.95. The third-order valence-electron chi connectivity index (χ3n) is 2.00. The van der Waals surface area contributed by atoms with Gasteiger partial charge in [-0.25, -0.2) is 0 Å². The number of carbonyl (C=O) groups is 1. The van der Waals surface area contributed by atoms with Crippen LogP contribution in [0.15, 0.2) is 12.4 Å². The summed E-state index contributed by atoms with van der Waals surface area (Å²) >= 11 is 0. The molecule has 1 rings (SSSR count).